The van der Waals surface area contributed by atoms with Crippen molar-refractivity contribution in [2.75, 3.05) is 11.9 Å². The summed E-state index contributed by atoms with van der Waals surface area (Å²) in [5.74, 6) is -1.10. The number of hydrogen-bond acceptors (Lipinski definition) is 8. The van der Waals surface area contributed by atoms with Gasteiger partial charge in [-0.25, -0.2) is 0 Å². The van der Waals surface area contributed by atoms with Gasteiger partial charge in [-0.15, -0.1) is 24.8 Å². The lowest BCUT2D eigenvalue weighted by Crippen LogP contribution is -2.27. The molecule has 5 rings (SSSR count). The van der Waals surface area contributed by atoms with E-state index in [2.05, 4.69) is 22.4 Å². The highest BCUT2D eigenvalue weighted by atomic mass is 35.5. The molecule has 0 saturated heterocycles. The first-order valence-corrected chi connectivity index (χ1v) is 18.1. The van der Waals surface area contributed by atoms with Crippen LogP contribution in [0.1, 0.15) is 74.0 Å². The maximum Gasteiger partial charge on any atom is 0.306 e. The van der Waals surface area contributed by atoms with Crippen molar-refractivity contribution < 1.29 is 29.6 Å². The zero-order valence-corrected chi connectivity index (χ0v) is 31.6. The molecule has 4 aromatic rings. The van der Waals surface area contributed by atoms with Gasteiger partial charge < -0.3 is 31.1 Å². The average Bonchev–Trinajstić information content (AvgIpc) is 3.42. The third-order valence-electron chi connectivity index (χ3n) is 10.0. The summed E-state index contributed by atoms with van der Waals surface area (Å²) < 4.78 is 5.48. The fourth-order valence-electron chi connectivity index (χ4n) is 7.02. The fraction of sp³-hybridized carbons (Fsp3) is 0.405. The largest absolute Gasteiger partial charge is 0.461 e. The Kier molecular flexibility index (Phi) is 18.4. The predicted octanol–water partition coefficient (Wildman–Crippen LogP) is 7.05. The van der Waals surface area contributed by atoms with Gasteiger partial charge in [0.2, 0.25) is 5.91 Å². The first-order chi connectivity index (χ1) is 24.8. The van der Waals surface area contributed by atoms with Gasteiger partial charge in [0.05, 0.1) is 24.2 Å². The first-order valence-electron chi connectivity index (χ1n) is 18.1. The van der Waals surface area contributed by atoms with E-state index in [0.717, 1.165) is 28.3 Å². The minimum absolute atomic E-state index is 0. The number of anilines is 1. The quantitative estimate of drug-likeness (QED) is 0.0410. The highest BCUT2D eigenvalue weighted by Crippen LogP contribution is 2.38. The van der Waals surface area contributed by atoms with E-state index in [4.69, 9.17) is 10.5 Å². The number of carbonyl (C=O) groups is 2. The zero-order valence-electron chi connectivity index (χ0n) is 30.0. The van der Waals surface area contributed by atoms with Crippen LogP contribution in [0.5, 0.6) is 0 Å². The Bertz CT molecular complexity index is 1730. The molecule has 6 N–H and O–H groups in total. The van der Waals surface area contributed by atoms with Crippen LogP contribution < -0.4 is 11.1 Å². The second-order valence-electron chi connectivity index (χ2n) is 13.7. The normalized spacial score (nSPS) is 19.2. The van der Waals surface area contributed by atoms with Crippen molar-refractivity contribution in [2.24, 2.45) is 17.6 Å². The van der Waals surface area contributed by atoms with E-state index in [9.17, 15) is 24.9 Å². The average molecular weight is 767 g/mol. The minimum Gasteiger partial charge on any atom is -0.461 e. The number of nitrogens with zero attached hydrogens (tertiary/aromatic N) is 1. The van der Waals surface area contributed by atoms with Crippen LogP contribution in [-0.2, 0) is 27.4 Å². The maximum atomic E-state index is 13.1. The smallest absolute Gasteiger partial charge is 0.306 e. The van der Waals surface area contributed by atoms with Crippen LogP contribution in [0.2, 0.25) is 0 Å². The lowest BCUT2D eigenvalue weighted by Gasteiger charge is -2.23. The highest BCUT2D eigenvalue weighted by molar-refractivity contribution is 5.98. The number of carbonyl (C=O) groups excluding carboxylic acids is 2. The number of aliphatic hydroxyl groups excluding tert-OH is 3. The van der Waals surface area contributed by atoms with E-state index >= 15 is 0 Å². The van der Waals surface area contributed by atoms with E-state index in [-0.39, 0.29) is 68.1 Å². The molecule has 3 aromatic carbocycles. The molecule has 0 spiro atoms. The molecule has 53 heavy (non-hydrogen) atoms. The standard InChI is InChI=1S/C42H51N3O6.2ClH/c43-26-38(42(50)45-34-18-17-33-27-44-23-22-32(33)24-34)31-15-12-30(13-16-31)28-51-41(49)11-7-2-1-6-10-36-37(40(48)25-39(36)47)21-20-35(46)19-14-29-8-4-3-5-9-29;;/h1,3-6,8-9,12-13,15-18,22-24,27,35-40,46-48H,2,7,10-11,14,19-21,25-26,28,43H2,(H,45,50);2*1H/b6-1+;;/t35-,36+,37+,38?,39-,40+;;/m0../s1. The van der Waals surface area contributed by atoms with Crippen molar-refractivity contribution in [3.05, 3.63) is 120 Å². The number of fused-ring (bicyclic) bond motifs is 1. The molecular weight excluding hydrogens is 713 g/mol. The lowest BCUT2D eigenvalue weighted by molar-refractivity contribution is -0.145. The molecule has 1 amide bonds. The van der Waals surface area contributed by atoms with Crippen LogP contribution in [0.4, 0.5) is 5.69 Å². The second-order valence-corrected chi connectivity index (χ2v) is 13.7. The molecule has 0 aliphatic heterocycles. The molecular formula is C42H53Cl2N3O6. The van der Waals surface area contributed by atoms with Gasteiger partial charge in [-0.1, -0.05) is 72.8 Å². The molecule has 1 aliphatic rings. The Labute approximate surface area is 324 Å². The number of aromatic nitrogens is 1. The topological polar surface area (TPSA) is 155 Å². The van der Waals surface area contributed by atoms with Gasteiger partial charge in [0.15, 0.2) is 0 Å². The lowest BCUT2D eigenvalue weighted by atomic mass is 9.85. The van der Waals surface area contributed by atoms with E-state index in [0.29, 0.717) is 50.6 Å². The number of pyridine rings is 1. The molecule has 286 valence electrons. The molecule has 0 bridgehead atoms. The Hall–Kier alpha value is -3.83. The number of halogens is 2. The molecule has 0 radical (unpaired) electrons. The van der Waals surface area contributed by atoms with Crippen LogP contribution in [0, 0.1) is 11.8 Å². The molecule has 1 heterocycles. The summed E-state index contributed by atoms with van der Waals surface area (Å²) in [7, 11) is 0. The third-order valence-corrected chi connectivity index (χ3v) is 10.0. The van der Waals surface area contributed by atoms with E-state index in [1.165, 1.54) is 5.56 Å². The molecule has 1 unspecified atom stereocenters. The van der Waals surface area contributed by atoms with Crippen molar-refractivity contribution in [2.45, 2.75) is 88.6 Å². The summed E-state index contributed by atoms with van der Waals surface area (Å²) in [6, 6.07) is 25.0. The number of aryl methyl sites for hydroxylation is 1. The zero-order chi connectivity index (χ0) is 36.0. The molecule has 1 aliphatic carbocycles. The van der Waals surface area contributed by atoms with Crippen molar-refractivity contribution in [1.29, 1.82) is 0 Å². The van der Waals surface area contributed by atoms with Gasteiger partial charge >= 0.3 is 5.97 Å². The molecule has 1 fully saturated rings. The Morgan fingerprint density at radius 3 is 2.42 bits per heavy atom. The molecule has 6 atom stereocenters. The van der Waals surface area contributed by atoms with Gasteiger partial charge in [-0.3, -0.25) is 14.6 Å². The van der Waals surface area contributed by atoms with E-state index < -0.39 is 24.2 Å². The number of amides is 1. The highest BCUT2D eigenvalue weighted by Gasteiger charge is 2.40. The molecule has 1 aromatic heterocycles. The first kappa shape index (κ1) is 43.6. The number of hydrogen-bond donors (Lipinski definition) is 5. The summed E-state index contributed by atoms with van der Waals surface area (Å²) >= 11 is 0. The predicted molar refractivity (Wildman–Crippen MR) is 214 cm³/mol. The number of aliphatic hydroxyl groups is 3. The Morgan fingerprint density at radius 2 is 1.66 bits per heavy atom. The van der Waals surface area contributed by atoms with Gasteiger partial charge in [-0.05, 0) is 103 Å². The number of rotatable bonds is 18. The Balaban J connectivity index is 0.00000378. The maximum absolute atomic E-state index is 13.1. The SMILES string of the molecule is Cl.Cl.NCC(C(=O)Nc1ccc2cnccc2c1)c1ccc(COC(=O)CCC/C=C/C[C@@H]2[C@@H](CC[C@@H](O)CCc3ccccc3)[C@H](O)C[C@@H]2O)cc1. The second kappa shape index (κ2) is 22.4. The summed E-state index contributed by atoms with van der Waals surface area (Å²) in [6.07, 6.45) is 11.4. The van der Waals surface area contributed by atoms with Crippen molar-refractivity contribution in [3.63, 3.8) is 0 Å². The number of benzene rings is 3. The number of nitrogens with one attached hydrogen (secondary N) is 1. The summed E-state index contributed by atoms with van der Waals surface area (Å²) in [4.78, 5) is 29.6. The minimum atomic E-state index is -0.563. The van der Waals surface area contributed by atoms with E-state index in [1.807, 2.05) is 78.9 Å². The molecule has 9 nitrogen and oxygen atoms in total. The number of allylic oxidation sites excluding steroid dienone is 2. The monoisotopic (exact) mass is 765 g/mol. The van der Waals surface area contributed by atoms with Gasteiger partial charge in [0.25, 0.3) is 0 Å². The van der Waals surface area contributed by atoms with Crippen molar-refractivity contribution >= 4 is 53.2 Å². The fourth-order valence-corrected chi connectivity index (χ4v) is 7.02. The summed E-state index contributed by atoms with van der Waals surface area (Å²) in [5, 5.41) is 36.7. The van der Waals surface area contributed by atoms with Gasteiger partial charge in [-0.2, -0.15) is 0 Å². The van der Waals surface area contributed by atoms with Crippen LogP contribution in [0.15, 0.2) is 103 Å². The van der Waals surface area contributed by atoms with Crippen LogP contribution >= 0.6 is 24.8 Å². The van der Waals surface area contributed by atoms with Crippen LogP contribution in [0.3, 0.4) is 0 Å². The Morgan fingerprint density at radius 1 is 0.906 bits per heavy atom. The number of unbranched alkanes of at least 4 members (excludes halogenated alkanes) is 1. The third kappa shape index (κ3) is 13.2. The van der Waals surface area contributed by atoms with Crippen LogP contribution in [-0.4, -0.2) is 57.0 Å². The number of nitrogens with two attached hydrogens (primary N) is 1. The summed E-state index contributed by atoms with van der Waals surface area (Å²) in [6.45, 7) is 0.292. The summed E-state index contributed by atoms with van der Waals surface area (Å²) in [5.41, 5.74) is 9.48. The molecule has 1 saturated carbocycles. The number of esters is 1. The van der Waals surface area contributed by atoms with Crippen LogP contribution in [0.25, 0.3) is 10.8 Å². The van der Waals surface area contributed by atoms with Crippen molar-refractivity contribution in [3.8, 4) is 0 Å². The van der Waals surface area contributed by atoms with E-state index in [1.54, 1.807) is 12.4 Å². The molecule has 11 heteroatoms. The van der Waals surface area contributed by atoms with Gasteiger partial charge in [0.1, 0.15) is 6.61 Å². The van der Waals surface area contributed by atoms with Crippen molar-refractivity contribution in [1.82, 2.24) is 4.98 Å². The van der Waals surface area contributed by atoms with Gasteiger partial charge in [0, 0.05) is 36.4 Å². The number of ether oxygens (including phenoxy) is 1.